The van der Waals surface area contributed by atoms with Gasteiger partial charge in [-0.05, 0) is 37.5 Å². The van der Waals surface area contributed by atoms with Gasteiger partial charge in [0, 0.05) is 32.1 Å². The third kappa shape index (κ3) is 5.19. The Balaban J connectivity index is 1.31. The molecule has 2 aliphatic heterocycles. The number of halogens is 3. The third-order valence-corrected chi connectivity index (χ3v) is 7.83. The molecular formula is C23H25F3N7O5P. The molecule has 2 saturated heterocycles. The van der Waals surface area contributed by atoms with Crippen LogP contribution in [-0.4, -0.2) is 78.2 Å². The van der Waals surface area contributed by atoms with E-state index in [0.29, 0.717) is 49.2 Å². The van der Waals surface area contributed by atoms with Gasteiger partial charge in [-0.2, -0.15) is 28.2 Å². The van der Waals surface area contributed by atoms with Gasteiger partial charge in [-0.25, -0.2) is 9.25 Å². The van der Waals surface area contributed by atoms with E-state index in [-0.39, 0.29) is 29.6 Å². The van der Waals surface area contributed by atoms with Crippen molar-refractivity contribution in [2.75, 3.05) is 29.9 Å². The van der Waals surface area contributed by atoms with Gasteiger partial charge in [-0.1, -0.05) is 6.07 Å². The zero-order valence-electron chi connectivity index (χ0n) is 20.5. The fourth-order valence-corrected chi connectivity index (χ4v) is 5.79. The van der Waals surface area contributed by atoms with E-state index in [9.17, 15) is 22.5 Å². The molecule has 6 rings (SSSR count). The molecule has 0 atom stereocenters. The van der Waals surface area contributed by atoms with Crippen LogP contribution in [0.25, 0.3) is 16.7 Å². The molecule has 1 saturated carbocycles. The number of anilines is 2. The SMILES string of the molecule is O=C1CCCN1C1CN(c2nc(NC3CC(OP(=O)(O)O)C3)nc3c2cnn3-c2cccc(C(F)(F)F)c2)C1. The molecule has 0 bridgehead atoms. The maximum Gasteiger partial charge on any atom is 0.469 e. The van der Waals surface area contributed by atoms with Gasteiger partial charge in [0.05, 0.1) is 35.0 Å². The molecule has 0 spiro atoms. The van der Waals surface area contributed by atoms with Gasteiger partial charge in [0.25, 0.3) is 0 Å². The number of rotatable bonds is 7. The van der Waals surface area contributed by atoms with Gasteiger partial charge in [0.15, 0.2) is 5.65 Å². The molecule has 3 aromatic rings. The lowest BCUT2D eigenvalue weighted by Crippen LogP contribution is -2.60. The summed E-state index contributed by atoms with van der Waals surface area (Å²) in [5.41, 5.74) is -0.342. The molecule has 3 aliphatic rings. The third-order valence-electron chi connectivity index (χ3n) is 7.25. The van der Waals surface area contributed by atoms with Crippen molar-refractivity contribution in [1.82, 2.24) is 24.6 Å². The summed E-state index contributed by atoms with van der Waals surface area (Å²) >= 11 is 0. The highest BCUT2D eigenvalue weighted by molar-refractivity contribution is 7.46. The minimum atomic E-state index is -4.60. The first-order chi connectivity index (χ1) is 18.4. The minimum Gasteiger partial charge on any atom is -0.352 e. The first kappa shape index (κ1) is 26.0. The molecule has 3 fully saturated rings. The fraction of sp³-hybridized carbons (Fsp3) is 0.478. The van der Waals surface area contributed by atoms with Crippen molar-refractivity contribution in [3.63, 3.8) is 0 Å². The van der Waals surface area contributed by atoms with E-state index < -0.39 is 25.7 Å². The van der Waals surface area contributed by atoms with E-state index in [0.717, 1.165) is 25.1 Å². The van der Waals surface area contributed by atoms with Crippen LogP contribution in [0, 0.1) is 0 Å². The largest absolute Gasteiger partial charge is 0.469 e. The Morgan fingerprint density at radius 3 is 2.59 bits per heavy atom. The van der Waals surface area contributed by atoms with Crippen molar-refractivity contribution < 1.29 is 36.8 Å². The molecule has 12 nitrogen and oxygen atoms in total. The van der Waals surface area contributed by atoms with Crippen LogP contribution in [-0.2, 0) is 20.1 Å². The van der Waals surface area contributed by atoms with Crippen molar-refractivity contribution >= 4 is 36.5 Å². The first-order valence-electron chi connectivity index (χ1n) is 12.4. The summed E-state index contributed by atoms with van der Waals surface area (Å²) in [5.74, 6) is 0.863. The van der Waals surface area contributed by atoms with Crippen molar-refractivity contribution in [2.45, 2.75) is 50.0 Å². The second kappa shape index (κ2) is 9.44. The Bertz CT molecular complexity index is 1470. The molecule has 3 N–H and O–H groups in total. The molecule has 0 unspecified atom stereocenters. The van der Waals surface area contributed by atoms with Crippen molar-refractivity contribution in [3.05, 3.63) is 36.0 Å². The Morgan fingerprint density at radius 2 is 1.92 bits per heavy atom. The molecule has 4 heterocycles. The number of phosphoric acid groups is 1. The Kier molecular flexibility index (Phi) is 6.29. The Labute approximate surface area is 220 Å². The number of nitrogens with zero attached hydrogens (tertiary/aromatic N) is 6. The summed E-state index contributed by atoms with van der Waals surface area (Å²) in [6.45, 7) is 1.82. The van der Waals surface area contributed by atoms with Crippen LogP contribution < -0.4 is 10.2 Å². The number of likely N-dealkylation sites (tertiary alicyclic amines) is 1. The smallest absolute Gasteiger partial charge is 0.352 e. The van der Waals surface area contributed by atoms with Gasteiger partial charge in [0.1, 0.15) is 5.82 Å². The molecule has 39 heavy (non-hydrogen) atoms. The van der Waals surface area contributed by atoms with Crippen LogP contribution >= 0.6 is 7.82 Å². The standard InChI is InChI=1S/C23H25F3N7O5P/c24-23(25,26)13-3-1-4-15(7-13)33-21-18(10-27-33)20(31-11-16(12-31)32-6-2-5-19(32)34)29-22(30-21)28-14-8-17(9-14)38-39(35,36)37/h1,3-4,7,10,14,16-17H,2,5-6,8-9,11-12H2,(H,28,29,30)(H2,35,36,37). The molecule has 208 valence electrons. The zero-order valence-corrected chi connectivity index (χ0v) is 21.3. The summed E-state index contributed by atoms with van der Waals surface area (Å²) in [4.78, 5) is 43.3. The lowest BCUT2D eigenvalue weighted by molar-refractivity contribution is -0.137. The second-order valence-electron chi connectivity index (χ2n) is 9.99. The van der Waals surface area contributed by atoms with Crippen LogP contribution in [0.5, 0.6) is 0 Å². The van der Waals surface area contributed by atoms with Crippen LogP contribution in [0.15, 0.2) is 30.5 Å². The first-order valence-corrected chi connectivity index (χ1v) is 14.0. The molecule has 16 heteroatoms. The Morgan fingerprint density at radius 1 is 1.15 bits per heavy atom. The summed E-state index contributed by atoms with van der Waals surface area (Å²) in [7, 11) is -4.60. The quantitative estimate of drug-likeness (QED) is 0.364. The van der Waals surface area contributed by atoms with E-state index in [1.54, 1.807) is 0 Å². The van der Waals surface area contributed by atoms with Crippen molar-refractivity contribution in [3.8, 4) is 5.69 Å². The summed E-state index contributed by atoms with van der Waals surface area (Å²) in [5, 5.41) is 8.01. The van der Waals surface area contributed by atoms with Crippen LogP contribution in [0.1, 0.15) is 31.2 Å². The van der Waals surface area contributed by atoms with Gasteiger partial charge in [0.2, 0.25) is 11.9 Å². The number of carbonyl (C=O) groups excluding carboxylic acids is 1. The predicted octanol–water partition coefficient (Wildman–Crippen LogP) is 2.70. The molecule has 0 radical (unpaired) electrons. The van der Waals surface area contributed by atoms with Gasteiger partial charge in [-0.3, -0.25) is 9.32 Å². The summed E-state index contributed by atoms with van der Waals surface area (Å²) in [6.07, 6.45) is -1.62. The predicted molar refractivity (Wildman–Crippen MR) is 132 cm³/mol. The van der Waals surface area contributed by atoms with Crippen molar-refractivity contribution in [2.24, 2.45) is 0 Å². The van der Waals surface area contributed by atoms with Crippen molar-refractivity contribution in [1.29, 1.82) is 0 Å². The number of phosphoric ester groups is 1. The molecule has 1 amide bonds. The number of amides is 1. The number of alkyl halides is 3. The normalized spacial score (nSPS) is 22.3. The molecule has 1 aliphatic carbocycles. The van der Waals surface area contributed by atoms with E-state index in [1.807, 2.05) is 9.80 Å². The fourth-order valence-electron chi connectivity index (χ4n) is 5.23. The number of nitrogens with one attached hydrogen (secondary N) is 1. The van der Waals surface area contributed by atoms with Crippen LogP contribution in [0.4, 0.5) is 24.9 Å². The van der Waals surface area contributed by atoms with E-state index >= 15 is 0 Å². The van der Waals surface area contributed by atoms with E-state index in [4.69, 9.17) is 14.3 Å². The maximum absolute atomic E-state index is 13.4. The maximum atomic E-state index is 13.4. The highest BCUT2D eigenvalue weighted by atomic mass is 31.2. The highest BCUT2D eigenvalue weighted by Crippen LogP contribution is 2.43. The Hall–Kier alpha value is -3.26. The number of fused-ring (bicyclic) bond motifs is 1. The molecule has 1 aromatic carbocycles. The van der Waals surface area contributed by atoms with Crippen LogP contribution in [0.2, 0.25) is 0 Å². The second-order valence-corrected chi connectivity index (χ2v) is 11.2. The topological polar surface area (TPSA) is 146 Å². The lowest BCUT2D eigenvalue weighted by atomic mass is 9.90. The molecular weight excluding hydrogens is 542 g/mol. The average molecular weight is 567 g/mol. The van der Waals surface area contributed by atoms with Gasteiger partial charge >= 0.3 is 14.0 Å². The van der Waals surface area contributed by atoms with E-state index in [2.05, 4.69) is 20.4 Å². The number of aromatic nitrogens is 4. The summed E-state index contributed by atoms with van der Waals surface area (Å²) < 4.78 is 57.2. The number of hydrogen-bond acceptors (Lipinski definition) is 8. The van der Waals surface area contributed by atoms with Gasteiger partial charge < -0.3 is 24.9 Å². The molecule has 2 aromatic heterocycles. The number of benzene rings is 1. The number of hydrogen-bond donors (Lipinski definition) is 3. The number of carbonyl (C=O) groups is 1. The monoisotopic (exact) mass is 567 g/mol. The minimum absolute atomic E-state index is 0.0529. The lowest BCUT2D eigenvalue weighted by Gasteiger charge is -2.44. The van der Waals surface area contributed by atoms with Gasteiger partial charge in [-0.15, -0.1) is 0 Å². The average Bonchev–Trinajstić information content (AvgIpc) is 3.42. The highest BCUT2D eigenvalue weighted by Gasteiger charge is 2.39. The van der Waals surface area contributed by atoms with E-state index in [1.165, 1.54) is 23.0 Å². The van der Waals surface area contributed by atoms with Crippen LogP contribution in [0.3, 0.4) is 0 Å². The summed E-state index contributed by atoms with van der Waals surface area (Å²) in [6, 6.07) is 4.62. The zero-order chi connectivity index (χ0) is 27.5.